The van der Waals surface area contributed by atoms with Crippen LogP contribution in [0.25, 0.3) is 0 Å². The Bertz CT molecular complexity index is 336. The van der Waals surface area contributed by atoms with Crippen LogP contribution in [-0.4, -0.2) is 29.8 Å². The van der Waals surface area contributed by atoms with Crippen molar-refractivity contribution in [3.05, 3.63) is 0 Å². The molecule has 0 aromatic rings. The SMILES string of the molecule is CC1(C)CCC(CN2CCCC3CCCC32)C1=O. The summed E-state index contributed by atoms with van der Waals surface area (Å²) in [5.74, 6) is 1.81. The molecule has 1 saturated heterocycles. The summed E-state index contributed by atoms with van der Waals surface area (Å²) in [6, 6.07) is 0.815. The van der Waals surface area contributed by atoms with Gasteiger partial charge in [0.1, 0.15) is 5.78 Å². The zero-order valence-electron chi connectivity index (χ0n) is 12.0. The Morgan fingerprint density at radius 3 is 2.67 bits per heavy atom. The summed E-state index contributed by atoms with van der Waals surface area (Å²) in [5.41, 5.74) is -0.0461. The van der Waals surface area contributed by atoms with Gasteiger partial charge in [0.2, 0.25) is 0 Å². The van der Waals surface area contributed by atoms with E-state index in [1.807, 2.05) is 0 Å². The van der Waals surface area contributed by atoms with Crippen molar-refractivity contribution in [2.75, 3.05) is 13.1 Å². The minimum atomic E-state index is -0.0461. The fourth-order valence-electron chi connectivity index (χ4n) is 4.58. The highest BCUT2D eigenvalue weighted by molar-refractivity contribution is 5.88. The van der Waals surface area contributed by atoms with Gasteiger partial charge in [-0.05, 0) is 51.0 Å². The first-order valence-electron chi connectivity index (χ1n) is 7.86. The molecule has 2 saturated carbocycles. The number of piperidine rings is 1. The molecule has 2 aliphatic carbocycles. The van der Waals surface area contributed by atoms with Crippen LogP contribution in [0.3, 0.4) is 0 Å². The summed E-state index contributed by atoms with van der Waals surface area (Å²) in [4.78, 5) is 15.0. The molecular weight excluding hydrogens is 222 g/mol. The normalized spacial score (nSPS) is 40.1. The Morgan fingerprint density at radius 1 is 1.17 bits per heavy atom. The number of rotatable bonds is 2. The van der Waals surface area contributed by atoms with Gasteiger partial charge in [-0.2, -0.15) is 0 Å². The molecule has 18 heavy (non-hydrogen) atoms. The van der Waals surface area contributed by atoms with Crippen molar-refractivity contribution in [3.63, 3.8) is 0 Å². The Kier molecular flexibility index (Phi) is 3.25. The zero-order valence-corrected chi connectivity index (χ0v) is 12.0. The van der Waals surface area contributed by atoms with E-state index in [0.717, 1.165) is 31.3 Å². The first kappa shape index (κ1) is 12.7. The van der Waals surface area contributed by atoms with Crippen LogP contribution >= 0.6 is 0 Å². The number of ketones is 1. The predicted molar refractivity (Wildman–Crippen MR) is 73.4 cm³/mol. The lowest BCUT2D eigenvalue weighted by atomic mass is 9.87. The third kappa shape index (κ3) is 2.13. The number of hydrogen-bond acceptors (Lipinski definition) is 2. The van der Waals surface area contributed by atoms with Crippen LogP contribution in [0.1, 0.15) is 58.8 Å². The Morgan fingerprint density at radius 2 is 1.94 bits per heavy atom. The first-order valence-corrected chi connectivity index (χ1v) is 7.86. The Hall–Kier alpha value is -0.370. The molecule has 1 aliphatic heterocycles. The second-order valence-corrected chi connectivity index (χ2v) is 7.38. The maximum absolute atomic E-state index is 12.4. The topological polar surface area (TPSA) is 20.3 Å². The molecule has 102 valence electrons. The molecule has 0 N–H and O–H groups in total. The van der Waals surface area contributed by atoms with Crippen LogP contribution in [0.2, 0.25) is 0 Å². The molecule has 0 aromatic heterocycles. The Labute approximate surface area is 111 Å². The van der Waals surface area contributed by atoms with Gasteiger partial charge in [0, 0.05) is 23.9 Å². The molecule has 1 heterocycles. The molecule has 0 bridgehead atoms. The molecule has 3 fully saturated rings. The molecule has 3 unspecified atom stereocenters. The van der Waals surface area contributed by atoms with Crippen molar-refractivity contribution < 1.29 is 4.79 Å². The second kappa shape index (κ2) is 4.63. The van der Waals surface area contributed by atoms with E-state index < -0.39 is 0 Å². The lowest BCUT2D eigenvalue weighted by molar-refractivity contribution is -0.128. The monoisotopic (exact) mass is 249 g/mol. The third-order valence-electron chi connectivity index (χ3n) is 5.72. The average Bonchev–Trinajstić information content (AvgIpc) is 2.90. The van der Waals surface area contributed by atoms with Gasteiger partial charge >= 0.3 is 0 Å². The van der Waals surface area contributed by atoms with Crippen LogP contribution < -0.4 is 0 Å². The van der Waals surface area contributed by atoms with E-state index in [0.29, 0.717) is 11.7 Å². The number of carbonyl (C=O) groups is 1. The van der Waals surface area contributed by atoms with Crippen LogP contribution in [0, 0.1) is 17.3 Å². The maximum Gasteiger partial charge on any atom is 0.142 e. The van der Waals surface area contributed by atoms with Crippen LogP contribution in [-0.2, 0) is 4.79 Å². The summed E-state index contributed by atoms with van der Waals surface area (Å²) in [5, 5.41) is 0. The van der Waals surface area contributed by atoms with Crippen molar-refractivity contribution in [1.82, 2.24) is 4.90 Å². The highest BCUT2D eigenvalue weighted by Crippen LogP contribution is 2.41. The fourth-order valence-corrected chi connectivity index (χ4v) is 4.58. The summed E-state index contributed by atoms with van der Waals surface area (Å²) >= 11 is 0. The lowest BCUT2D eigenvalue weighted by Gasteiger charge is -2.39. The summed E-state index contributed by atoms with van der Waals surface area (Å²) in [6.45, 7) is 6.56. The van der Waals surface area contributed by atoms with Crippen LogP contribution in [0.4, 0.5) is 0 Å². The van der Waals surface area contributed by atoms with Crippen molar-refractivity contribution in [3.8, 4) is 0 Å². The van der Waals surface area contributed by atoms with Gasteiger partial charge in [-0.3, -0.25) is 9.69 Å². The minimum Gasteiger partial charge on any atom is -0.299 e. The summed E-state index contributed by atoms with van der Waals surface area (Å²) in [7, 11) is 0. The van der Waals surface area contributed by atoms with Gasteiger partial charge in [-0.1, -0.05) is 20.3 Å². The number of Topliss-reactive ketones (excluding diaryl/α,β-unsaturated/α-hetero) is 1. The van der Waals surface area contributed by atoms with Crippen LogP contribution in [0.15, 0.2) is 0 Å². The van der Waals surface area contributed by atoms with Gasteiger partial charge in [0.15, 0.2) is 0 Å². The molecular formula is C16H27NO. The quantitative estimate of drug-likeness (QED) is 0.748. The molecule has 0 amide bonds. The van der Waals surface area contributed by atoms with E-state index in [2.05, 4.69) is 18.7 Å². The summed E-state index contributed by atoms with van der Waals surface area (Å²) < 4.78 is 0. The van der Waals surface area contributed by atoms with Crippen molar-refractivity contribution in [2.24, 2.45) is 17.3 Å². The van der Waals surface area contributed by atoms with Gasteiger partial charge in [-0.15, -0.1) is 0 Å². The molecule has 0 aromatic carbocycles. The molecule has 0 spiro atoms. The first-order chi connectivity index (χ1) is 8.58. The van der Waals surface area contributed by atoms with Crippen molar-refractivity contribution in [1.29, 1.82) is 0 Å². The largest absolute Gasteiger partial charge is 0.299 e. The highest BCUT2D eigenvalue weighted by atomic mass is 16.1. The highest BCUT2D eigenvalue weighted by Gasteiger charge is 2.43. The number of likely N-dealkylation sites (tertiary alicyclic amines) is 1. The van der Waals surface area contributed by atoms with E-state index in [9.17, 15) is 4.79 Å². The van der Waals surface area contributed by atoms with Crippen molar-refractivity contribution in [2.45, 2.75) is 64.8 Å². The molecule has 2 nitrogen and oxygen atoms in total. The number of fused-ring (bicyclic) bond motifs is 1. The second-order valence-electron chi connectivity index (χ2n) is 7.38. The van der Waals surface area contributed by atoms with Gasteiger partial charge in [0.05, 0.1) is 0 Å². The number of nitrogens with zero attached hydrogens (tertiary/aromatic N) is 1. The van der Waals surface area contributed by atoms with E-state index in [1.54, 1.807) is 0 Å². The van der Waals surface area contributed by atoms with Gasteiger partial charge in [0.25, 0.3) is 0 Å². The molecule has 3 aliphatic rings. The Balaban J connectivity index is 1.64. The minimum absolute atomic E-state index is 0.0461. The third-order valence-corrected chi connectivity index (χ3v) is 5.72. The zero-order chi connectivity index (χ0) is 12.8. The molecule has 0 radical (unpaired) electrons. The summed E-state index contributed by atoms with van der Waals surface area (Å²) in [6.07, 6.45) is 9.24. The van der Waals surface area contributed by atoms with E-state index >= 15 is 0 Å². The smallest absolute Gasteiger partial charge is 0.142 e. The molecule has 3 atom stereocenters. The number of hydrogen-bond donors (Lipinski definition) is 0. The van der Waals surface area contributed by atoms with E-state index in [4.69, 9.17) is 0 Å². The van der Waals surface area contributed by atoms with E-state index in [-0.39, 0.29) is 5.41 Å². The lowest BCUT2D eigenvalue weighted by Crippen LogP contribution is -2.45. The fraction of sp³-hybridized carbons (Fsp3) is 0.938. The van der Waals surface area contributed by atoms with Gasteiger partial charge in [-0.25, -0.2) is 0 Å². The van der Waals surface area contributed by atoms with Crippen LogP contribution in [0.5, 0.6) is 0 Å². The predicted octanol–water partition coefficient (Wildman–Crippen LogP) is 3.26. The maximum atomic E-state index is 12.4. The average molecular weight is 249 g/mol. The standard InChI is InChI=1S/C16H27NO/c1-16(2)9-8-13(15(16)18)11-17-10-4-6-12-5-3-7-14(12)17/h12-14H,3-11H2,1-2H3. The van der Waals surface area contributed by atoms with E-state index in [1.165, 1.54) is 38.6 Å². The van der Waals surface area contributed by atoms with Crippen molar-refractivity contribution >= 4 is 5.78 Å². The molecule has 2 heteroatoms. The number of carbonyl (C=O) groups excluding carboxylic acids is 1. The molecule has 3 rings (SSSR count). The van der Waals surface area contributed by atoms with Gasteiger partial charge < -0.3 is 0 Å².